The quantitative estimate of drug-likeness (QED) is 0.719. The largest absolute Gasteiger partial charge is 0.335 e. The van der Waals surface area contributed by atoms with E-state index in [2.05, 4.69) is 9.97 Å². The van der Waals surface area contributed by atoms with E-state index in [1.54, 1.807) is 12.4 Å². The Morgan fingerprint density at radius 1 is 0.917 bits per heavy atom. The van der Waals surface area contributed by atoms with Crippen molar-refractivity contribution in [3.63, 3.8) is 0 Å². The molecule has 3 rings (SSSR count). The Labute approximate surface area is 141 Å². The van der Waals surface area contributed by atoms with Crippen molar-refractivity contribution in [3.05, 3.63) is 84.2 Å². The number of pyridine rings is 2. The molecule has 1 aromatic carbocycles. The van der Waals surface area contributed by atoms with E-state index in [1.165, 1.54) is 0 Å². The van der Waals surface area contributed by atoms with Crippen molar-refractivity contribution >= 4 is 5.91 Å². The van der Waals surface area contributed by atoms with Crippen molar-refractivity contribution in [1.82, 2.24) is 14.9 Å². The van der Waals surface area contributed by atoms with Crippen LogP contribution < -0.4 is 0 Å². The van der Waals surface area contributed by atoms with Crippen LogP contribution in [0.3, 0.4) is 0 Å². The molecule has 3 aromatic rings. The molecule has 0 fully saturated rings. The summed E-state index contributed by atoms with van der Waals surface area (Å²) >= 11 is 0. The maximum atomic E-state index is 12.7. The zero-order valence-electron chi connectivity index (χ0n) is 13.6. The van der Waals surface area contributed by atoms with Crippen molar-refractivity contribution < 1.29 is 4.79 Å². The Kier molecular flexibility index (Phi) is 4.96. The van der Waals surface area contributed by atoms with Gasteiger partial charge in [0.15, 0.2) is 0 Å². The third-order valence-electron chi connectivity index (χ3n) is 3.82. The summed E-state index contributed by atoms with van der Waals surface area (Å²) in [6.07, 6.45) is 3.36. The van der Waals surface area contributed by atoms with Crippen molar-refractivity contribution in [1.29, 1.82) is 0 Å². The molecule has 0 aliphatic rings. The van der Waals surface area contributed by atoms with Gasteiger partial charge in [0.2, 0.25) is 0 Å². The zero-order chi connectivity index (χ0) is 16.8. The van der Waals surface area contributed by atoms with Crippen LogP contribution in [0.2, 0.25) is 0 Å². The van der Waals surface area contributed by atoms with Gasteiger partial charge in [-0.3, -0.25) is 14.8 Å². The Hall–Kier alpha value is -3.01. The maximum absolute atomic E-state index is 12.7. The first-order valence-electron chi connectivity index (χ1n) is 7.98. The van der Waals surface area contributed by atoms with Crippen LogP contribution in [0, 0.1) is 0 Å². The van der Waals surface area contributed by atoms with E-state index in [9.17, 15) is 4.79 Å². The van der Waals surface area contributed by atoms with Gasteiger partial charge >= 0.3 is 0 Å². The summed E-state index contributed by atoms with van der Waals surface area (Å²) in [4.78, 5) is 23.2. The summed E-state index contributed by atoms with van der Waals surface area (Å²) in [5, 5.41) is 0. The number of benzene rings is 1. The Bertz CT molecular complexity index is 786. The molecule has 0 bridgehead atoms. The number of carbonyl (C=O) groups is 1. The highest BCUT2D eigenvalue weighted by molar-refractivity contribution is 5.94. The number of amides is 1. The van der Waals surface area contributed by atoms with Crippen LogP contribution in [0.4, 0.5) is 0 Å². The van der Waals surface area contributed by atoms with Crippen molar-refractivity contribution in [2.24, 2.45) is 0 Å². The molecular formula is C20H19N3O. The van der Waals surface area contributed by atoms with Gasteiger partial charge in [-0.25, -0.2) is 0 Å². The van der Waals surface area contributed by atoms with Crippen molar-refractivity contribution in [3.8, 4) is 11.4 Å². The first kappa shape index (κ1) is 15.9. The van der Waals surface area contributed by atoms with Gasteiger partial charge in [0.1, 0.15) is 0 Å². The van der Waals surface area contributed by atoms with Gasteiger partial charge < -0.3 is 4.90 Å². The fourth-order valence-electron chi connectivity index (χ4n) is 2.50. The van der Waals surface area contributed by atoms with Crippen LogP contribution in [0.5, 0.6) is 0 Å². The summed E-state index contributed by atoms with van der Waals surface area (Å²) in [5.41, 5.74) is 3.27. The van der Waals surface area contributed by atoms with Crippen LogP contribution in [-0.4, -0.2) is 27.3 Å². The molecule has 0 saturated carbocycles. The lowest BCUT2D eigenvalue weighted by molar-refractivity contribution is 0.0752. The highest BCUT2D eigenvalue weighted by Crippen LogP contribution is 2.15. The molecule has 0 N–H and O–H groups in total. The summed E-state index contributed by atoms with van der Waals surface area (Å²) < 4.78 is 0. The highest BCUT2D eigenvalue weighted by atomic mass is 16.2. The molecule has 0 aliphatic heterocycles. The molecule has 0 aliphatic carbocycles. The average molecular weight is 317 g/mol. The van der Waals surface area contributed by atoms with E-state index in [-0.39, 0.29) is 5.91 Å². The van der Waals surface area contributed by atoms with Crippen LogP contribution in [0.25, 0.3) is 11.4 Å². The lowest BCUT2D eigenvalue weighted by Gasteiger charge is -2.21. The lowest BCUT2D eigenvalue weighted by Crippen LogP contribution is -2.30. The smallest absolute Gasteiger partial charge is 0.255 e. The topological polar surface area (TPSA) is 46.1 Å². The van der Waals surface area contributed by atoms with Gasteiger partial charge in [0.25, 0.3) is 5.91 Å². The second-order valence-corrected chi connectivity index (χ2v) is 5.45. The number of rotatable bonds is 5. The lowest BCUT2D eigenvalue weighted by atomic mass is 10.1. The van der Waals surface area contributed by atoms with E-state index < -0.39 is 0 Å². The van der Waals surface area contributed by atoms with E-state index in [0.29, 0.717) is 18.7 Å². The monoisotopic (exact) mass is 317 g/mol. The molecule has 4 heteroatoms. The second-order valence-electron chi connectivity index (χ2n) is 5.45. The van der Waals surface area contributed by atoms with Gasteiger partial charge in [-0.05, 0) is 36.8 Å². The third-order valence-corrected chi connectivity index (χ3v) is 3.82. The summed E-state index contributed by atoms with van der Waals surface area (Å²) in [5.74, 6) is -0.0126. The fourth-order valence-corrected chi connectivity index (χ4v) is 2.50. The molecular weight excluding hydrogens is 298 g/mol. The third kappa shape index (κ3) is 3.66. The molecule has 0 atom stereocenters. The minimum Gasteiger partial charge on any atom is -0.335 e. The Morgan fingerprint density at radius 3 is 2.29 bits per heavy atom. The van der Waals surface area contributed by atoms with E-state index >= 15 is 0 Å². The summed E-state index contributed by atoms with van der Waals surface area (Å²) in [7, 11) is 0. The van der Waals surface area contributed by atoms with Crippen molar-refractivity contribution in [2.75, 3.05) is 6.54 Å². The molecule has 1 amide bonds. The molecule has 0 saturated heterocycles. The van der Waals surface area contributed by atoms with Crippen LogP contribution in [0.15, 0.2) is 73.1 Å². The molecule has 4 nitrogen and oxygen atoms in total. The first-order chi connectivity index (χ1) is 11.8. The molecule has 120 valence electrons. The summed E-state index contributed by atoms with van der Waals surface area (Å²) in [6.45, 7) is 3.23. The minimum atomic E-state index is -0.0126. The van der Waals surface area contributed by atoms with Gasteiger partial charge in [-0.1, -0.05) is 36.4 Å². The highest BCUT2D eigenvalue weighted by Gasteiger charge is 2.15. The zero-order valence-corrected chi connectivity index (χ0v) is 13.6. The molecule has 2 aromatic heterocycles. The van der Waals surface area contributed by atoms with Crippen LogP contribution >= 0.6 is 0 Å². The van der Waals surface area contributed by atoms with Crippen molar-refractivity contribution in [2.45, 2.75) is 13.5 Å². The standard InChI is InChI=1S/C20H19N3O/c1-2-23(15-16-8-4-3-5-9-16)20(24)17-11-12-19(22-14-17)18-10-6-7-13-21-18/h3-14H,2,15H2,1H3. The molecule has 0 radical (unpaired) electrons. The Balaban J connectivity index is 1.76. The van der Waals surface area contributed by atoms with E-state index in [4.69, 9.17) is 0 Å². The fraction of sp³-hybridized carbons (Fsp3) is 0.150. The van der Waals surface area contributed by atoms with Gasteiger partial charge in [0.05, 0.1) is 17.0 Å². The van der Waals surface area contributed by atoms with Crippen LogP contribution in [0.1, 0.15) is 22.8 Å². The van der Waals surface area contributed by atoms with Crippen LogP contribution in [-0.2, 0) is 6.54 Å². The second kappa shape index (κ2) is 7.51. The minimum absolute atomic E-state index is 0.0126. The normalized spacial score (nSPS) is 10.4. The molecule has 0 unspecified atom stereocenters. The average Bonchev–Trinajstić information content (AvgIpc) is 2.67. The number of hydrogen-bond donors (Lipinski definition) is 0. The molecule has 2 heterocycles. The number of carbonyl (C=O) groups excluding carboxylic acids is 1. The number of aromatic nitrogens is 2. The maximum Gasteiger partial charge on any atom is 0.255 e. The number of nitrogens with zero attached hydrogens (tertiary/aromatic N) is 3. The van der Waals surface area contributed by atoms with Gasteiger partial charge in [-0.2, -0.15) is 0 Å². The van der Waals surface area contributed by atoms with Gasteiger partial charge in [0, 0.05) is 25.5 Å². The first-order valence-corrected chi connectivity index (χ1v) is 7.98. The molecule has 0 spiro atoms. The number of hydrogen-bond acceptors (Lipinski definition) is 3. The molecule has 24 heavy (non-hydrogen) atoms. The predicted octanol–water partition coefficient (Wildman–Crippen LogP) is 3.81. The Morgan fingerprint density at radius 2 is 1.67 bits per heavy atom. The predicted molar refractivity (Wildman–Crippen MR) is 94.3 cm³/mol. The van der Waals surface area contributed by atoms with E-state index in [1.807, 2.05) is 72.5 Å². The van der Waals surface area contributed by atoms with E-state index in [0.717, 1.165) is 17.0 Å². The SMILES string of the molecule is CCN(Cc1ccccc1)C(=O)c1ccc(-c2ccccn2)nc1. The summed E-state index contributed by atoms with van der Waals surface area (Å²) in [6, 6.07) is 19.3. The van der Waals surface area contributed by atoms with Gasteiger partial charge in [-0.15, -0.1) is 0 Å².